The van der Waals surface area contributed by atoms with Crippen LogP contribution in [0.25, 0.3) is 0 Å². The van der Waals surface area contributed by atoms with Gasteiger partial charge in [0.1, 0.15) is 0 Å². The van der Waals surface area contributed by atoms with Crippen LogP contribution in [-0.2, 0) is 17.9 Å². The smallest absolute Gasteiger partial charge is 0.328 e. The van der Waals surface area contributed by atoms with Crippen LogP contribution >= 0.6 is 0 Å². The van der Waals surface area contributed by atoms with Gasteiger partial charge in [-0.05, 0) is 17.7 Å². The highest BCUT2D eigenvalue weighted by atomic mass is 16.7. The summed E-state index contributed by atoms with van der Waals surface area (Å²) < 4.78 is 11.8. The van der Waals surface area contributed by atoms with Crippen molar-refractivity contribution in [2.75, 3.05) is 6.79 Å². The quantitative estimate of drug-likeness (QED) is 0.806. The van der Waals surface area contributed by atoms with E-state index >= 15 is 0 Å². The molecule has 120 valence electrons. The minimum Gasteiger partial charge on any atom is -0.454 e. The van der Waals surface area contributed by atoms with Crippen molar-refractivity contribution in [3.63, 3.8) is 0 Å². The first kappa shape index (κ1) is 14.9. The normalized spacial score (nSPS) is 12.2. The number of H-pyrrole nitrogens is 1. The van der Waals surface area contributed by atoms with Crippen molar-refractivity contribution in [3.8, 4) is 11.5 Å². The fourth-order valence-electron chi connectivity index (χ4n) is 2.18. The number of amides is 1. The number of hydrogen-bond acceptors (Lipinski definition) is 5. The van der Waals surface area contributed by atoms with Gasteiger partial charge in [0.2, 0.25) is 12.7 Å². The predicted molar refractivity (Wildman–Crippen MR) is 80.4 cm³/mol. The van der Waals surface area contributed by atoms with Gasteiger partial charge in [-0.15, -0.1) is 0 Å². The van der Waals surface area contributed by atoms with Crippen LogP contribution in [0.15, 0.2) is 40.1 Å². The van der Waals surface area contributed by atoms with Crippen LogP contribution in [0.4, 0.5) is 0 Å². The maximum atomic E-state index is 11.8. The summed E-state index contributed by atoms with van der Waals surface area (Å²) in [5.41, 5.74) is -0.0941. The van der Waals surface area contributed by atoms with E-state index in [0.717, 1.165) is 5.56 Å². The minimum atomic E-state index is -0.527. The van der Waals surface area contributed by atoms with Crippen molar-refractivity contribution < 1.29 is 14.3 Å². The Morgan fingerprint density at radius 3 is 2.87 bits per heavy atom. The molecule has 2 heterocycles. The van der Waals surface area contributed by atoms with Crippen molar-refractivity contribution in [2.45, 2.75) is 19.5 Å². The van der Waals surface area contributed by atoms with E-state index in [1.165, 1.54) is 16.8 Å². The van der Waals surface area contributed by atoms with E-state index in [-0.39, 0.29) is 25.7 Å². The highest BCUT2D eigenvalue weighted by molar-refractivity contribution is 5.75. The van der Waals surface area contributed by atoms with Gasteiger partial charge in [0, 0.05) is 31.8 Å². The monoisotopic (exact) mass is 317 g/mol. The second-order valence-corrected chi connectivity index (χ2v) is 5.02. The van der Waals surface area contributed by atoms with Crippen LogP contribution in [0.5, 0.6) is 11.5 Å². The molecule has 1 amide bonds. The van der Waals surface area contributed by atoms with E-state index in [9.17, 15) is 14.4 Å². The zero-order chi connectivity index (χ0) is 16.2. The van der Waals surface area contributed by atoms with E-state index in [2.05, 4.69) is 10.3 Å². The van der Waals surface area contributed by atoms with Gasteiger partial charge in [-0.25, -0.2) is 4.79 Å². The number of carbonyl (C=O) groups is 1. The Morgan fingerprint density at radius 2 is 2.04 bits per heavy atom. The lowest BCUT2D eigenvalue weighted by atomic mass is 10.2. The summed E-state index contributed by atoms with van der Waals surface area (Å²) in [5.74, 6) is 1.16. The second-order valence-electron chi connectivity index (χ2n) is 5.02. The zero-order valence-corrected chi connectivity index (χ0v) is 12.2. The molecule has 0 saturated carbocycles. The van der Waals surface area contributed by atoms with Gasteiger partial charge in [-0.2, -0.15) is 0 Å². The maximum Gasteiger partial charge on any atom is 0.328 e. The van der Waals surface area contributed by atoms with E-state index in [1.54, 1.807) is 6.07 Å². The lowest BCUT2D eigenvalue weighted by Crippen LogP contribution is -2.31. The van der Waals surface area contributed by atoms with Gasteiger partial charge in [0.05, 0.1) is 0 Å². The molecule has 2 aromatic rings. The van der Waals surface area contributed by atoms with Crippen molar-refractivity contribution in [3.05, 3.63) is 56.9 Å². The first-order valence-corrected chi connectivity index (χ1v) is 7.07. The highest BCUT2D eigenvalue weighted by Crippen LogP contribution is 2.32. The van der Waals surface area contributed by atoms with E-state index in [4.69, 9.17) is 9.47 Å². The van der Waals surface area contributed by atoms with Crippen molar-refractivity contribution in [2.24, 2.45) is 0 Å². The molecule has 23 heavy (non-hydrogen) atoms. The SMILES string of the molecule is O=C(CCn1ccc(=O)[nH]c1=O)NCc1ccc2c(c1)OCO2. The molecule has 8 heteroatoms. The van der Waals surface area contributed by atoms with Crippen molar-refractivity contribution in [1.29, 1.82) is 0 Å². The maximum absolute atomic E-state index is 11.8. The molecule has 0 aliphatic carbocycles. The van der Waals surface area contributed by atoms with Gasteiger partial charge < -0.3 is 19.4 Å². The molecule has 8 nitrogen and oxygen atoms in total. The molecule has 1 aromatic carbocycles. The summed E-state index contributed by atoms with van der Waals surface area (Å²) in [6.07, 6.45) is 1.50. The summed E-state index contributed by atoms with van der Waals surface area (Å²) in [7, 11) is 0. The minimum absolute atomic E-state index is 0.135. The third-order valence-electron chi connectivity index (χ3n) is 3.40. The number of aromatic amines is 1. The number of nitrogens with one attached hydrogen (secondary N) is 2. The van der Waals surface area contributed by atoms with Crippen molar-refractivity contribution >= 4 is 5.91 Å². The Balaban J connectivity index is 1.51. The average Bonchev–Trinajstić information content (AvgIpc) is 2.99. The van der Waals surface area contributed by atoms with Crippen LogP contribution in [0, 0.1) is 0 Å². The van der Waals surface area contributed by atoms with E-state index < -0.39 is 11.2 Å². The molecule has 0 unspecified atom stereocenters. The molecule has 3 rings (SSSR count). The first-order valence-electron chi connectivity index (χ1n) is 7.07. The summed E-state index contributed by atoms with van der Waals surface area (Å²) >= 11 is 0. The van der Waals surface area contributed by atoms with Crippen LogP contribution < -0.4 is 26.0 Å². The molecule has 0 bridgehead atoms. The number of nitrogens with zero attached hydrogens (tertiary/aromatic N) is 1. The Kier molecular flexibility index (Phi) is 4.13. The second kappa shape index (κ2) is 6.39. The third kappa shape index (κ3) is 3.60. The highest BCUT2D eigenvalue weighted by Gasteiger charge is 2.13. The molecule has 0 spiro atoms. The average molecular weight is 317 g/mol. The summed E-state index contributed by atoms with van der Waals surface area (Å²) in [6.45, 7) is 0.762. The largest absolute Gasteiger partial charge is 0.454 e. The van der Waals surface area contributed by atoms with Gasteiger partial charge in [-0.1, -0.05) is 6.07 Å². The molecule has 1 aromatic heterocycles. The molecule has 0 saturated heterocycles. The Bertz CT molecular complexity index is 839. The van der Waals surface area contributed by atoms with E-state index in [1.807, 2.05) is 12.1 Å². The fraction of sp³-hybridized carbons (Fsp3) is 0.267. The fourth-order valence-corrected chi connectivity index (χ4v) is 2.18. The molecular formula is C15H15N3O5. The van der Waals surface area contributed by atoms with Gasteiger partial charge >= 0.3 is 5.69 Å². The number of ether oxygens (including phenoxy) is 2. The van der Waals surface area contributed by atoms with E-state index in [0.29, 0.717) is 18.0 Å². The lowest BCUT2D eigenvalue weighted by Gasteiger charge is -2.07. The Morgan fingerprint density at radius 1 is 1.22 bits per heavy atom. The van der Waals surface area contributed by atoms with Crippen LogP contribution in [0.3, 0.4) is 0 Å². The predicted octanol–water partition coefficient (Wildman–Crippen LogP) is -0.0282. The van der Waals surface area contributed by atoms with Crippen LogP contribution in [0.1, 0.15) is 12.0 Å². The van der Waals surface area contributed by atoms with Gasteiger partial charge in [0.25, 0.3) is 5.56 Å². The van der Waals surface area contributed by atoms with Crippen LogP contribution in [0.2, 0.25) is 0 Å². The number of aryl methyl sites for hydroxylation is 1. The molecule has 2 N–H and O–H groups in total. The number of aromatic nitrogens is 2. The molecule has 0 radical (unpaired) electrons. The Hall–Kier alpha value is -3.03. The molecular weight excluding hydrogens is 302 g/mol. The topological polar surface area (TPSA) is 102 Å². The first-order chi connectivity index (χ1) is 11.1. The summed E-state index contributed by atoms with van der Waals surface area (Å²) in [6, 6.07) is 6.70. The third-order valence-corrected chi connectivity index (χ3v) is 3.40. The lowest BCUT2D eigenvalue weighted by molar-refractivity contribution is -0.121. The number of benzene rings is 1. The molecule has 1 aliphatic heterocycles. The molecule has 0 fully saturated rings. The van der Waals surface area contributed by atoms with Crippen LogP contribution in [-0.4, -0.2) is 22.3 Å². The van der Waals surface area contributed by atoms with Gasteiger partial charge in [-0.3, -0.25) is 14.6 Å². The van der Waals surface area contributed by atoms with Gasteiger partial charge in [0.15, 0.2) is 11.5 Å². The number of carbonyl (C=O) groups excluding carboxylic acids is 1. The number of hydrogen-bond donors (Lipinski definition) is 2. The number of rotatable bonds is 5. The standard InChI is InChI=1S/C15H15N3O5/c19-13(3-5-18-6-4-14(20)17-15(18)21)16-8-10-1-2-11-12(7-10)23-9-22-11/h1-2,4,6-7H,3,5,8-9H2,(H,16,19)(H,17,20,21). The zero-order valence-electron chi connectivity index (χ0n) is 12.2. The summed E-state index contributed by atoms with van der Waals surface area (Å²) in [5, 5.41) is 2.77. The summed E-state index contributed by atoms with van der Waals surface area (Å²) in [4.78, 5) is 36.4. The van der Waals surface area contributed by atoms with Crippen molar-refractivity contribution in [1.82, 2.24) is 14.9 Å². The number of fused-ring (bicyclic) bond motifs is 1. The Labute approximate surface area is 130 Å². The molecule has 0 atom stereocenters. The molecule has 1 aliphatic rings.